The number of H-pyrrole nitrogens is 1. The van der Waals surface area contributed by atoms with Gasteiger partial charge in [-0.05, 0) is 26.0 Å². The van der Waals surface area contributed by atoms with E-state index in [1.54, 1.807) is 12.1 Å². The molecule has 3 N–H and O–H groups in total. The first-order valence-corrected chi connectivity index (χ1v) is 5.64. The molecule has 98 valence electrons. The van der Waals surface area contributed by atoms with Gasteiger partial charge in [0, 0.05) is 11.6 Å². The van der Waals surface area contributed by atoms with Crippen LogP contribution in [0.15, 0.2) is 24.3 Å². The third kappa shape index (κ3) is 2.98. The van der Waals surface area contributed by atoms with Gasteiger partial charge in [-0.15, -0.1) is 0 Å². The maximum Gasteiger partial charge on any atom is 0.353 e. The average molecular weight is 259 g/mol. The smallest absolute Gasteiger partial charge is 0.353 e. The Labute approximate surface area is 109 Å². The van der Waals surface area contributed by atoms with Crippen molar-refractivity contribution in [2.45, 2.75) is 13.8 Å². The van der Waals surface area contributed by atoms with Crippen LogP contribution in [0.2, 0.25) is 0 Å². The second-order valence-electron chi connectivity index (χ2n) is 4.30. The van der Waals surface area contributed by atoms with Gasteiger partial charge in [-0.1, -0.05) is 17.2 Å². The second-order valence-corrected chi connectivity index (χ2v) is 4.30. The Bertz CT molecular complexity index is 626. The van der Waals surface area contributed by atoms with Crippen LogP contribution in [0.1, 0.15) is 32.0 Å². The predicted octanol–water partition coefficient (Wildman–Crippen LogP) is 1.98. The number of benzene rings is 1. The zero-order valence-corrected chi connectivity index (χ0v) is 10.5. The molecule has 0 spiro atoms. The quantitative estimate of drug-likeness (QED) is 0.785. The number of hydrogen-bond acceptors (Lipinski definition) is 3. The lowest BCUT2D eigenvalue weighted by Gasteiger charge is -2.04. The summed E-state index contributed by atoms with van der Waals surface area (Å²) in [6, 6.07) is 6.75. The first kappa shape index (κ1) is 12.8. The Kier molecular flexibility index (Phi) is 3.33. The zero-order valence-electron chi connectivity index (χ0n) is 10.5. The molecule has 1 aromatic heterocycles. The van der Waals surface area contributed by atoms with Gasteiger partial charge in [0.05, 0.1) is 0 Å². The Balaban J connectivity index is 2.18. The summed E-state index contributed by atoms with van der Waals surface area (Å²) >= 11 is 0. The van der Waals surface area contributed by atoms with E-state index in [4.69, 9.17) is 5.11 Å². The van der Waals surface area contributed by atoms with E-state index in [9.17, 15) is 9.59 Å². The first-order chi connectivity index (χ1) is 8.95. The van der Waals surface area contributed by atoms with Gasteiger partial charge in [0.2, 0.25) is 0 Å². The average Bonchev–Trinajstić information content (AvgIpc) is 2.76. The molecule has 0 bridgehead atoms. The number of aromatic carboxylic acids is 1. The molecule has 2 rings (SSSR count). The minimum atomic E-state index is -1.13. The molecule has 0 saturated carbocycles. The van der Waals surface area contributed by atoms with E-state index in [0.717, 1.165) is 11.1 Å². The fraction of sp³-hybridized carbons (Fsp3) is 0.154. The summed E-state index contributed by atoms with van der Waals surface area (Å²) in [5.41, 5.74) is 2.41. The summed E-state index contributed by atoms with van der Waals surface area (Å²) in [6.45, 7) is 3.81. The Morgan fingerprint density at radius 2 is 1.79 bits per heavy atom. The molecule has 0 fully saturated rings. The van der Waals surface area contributed by atoms with Crippen molar-refractivity contribution in [1.82, 2.24) is 10.2 Å². The van der Waals surface area contributed by atoms with E-state index >= 15 is 0 Å². The van der Waals surface area contributed by atoms with Crippen LogP contribution in [0.4, 0.5) is 5.82 Å². The first-order valence-electron chi connectivity index (χ1n) is 5.64. The van der Waals surface area contributed by atoms with Crippen LogP contribution in [0, 0.1) is 13.8 Å². The molecule has 0 radical (unpaired) electrons. The Morgan fingerprint density at radius 1 is 1.16 bits per heavy atom. The van der Waals surface area contributed by atoms with Crippen LogP contribution in [0.3, 0.4) is 0 Å². The molecule has 0 aliphatic carbocycles. The monoisotopic (exact) mass is 259 g/mol. The SMILES string of the molecule is Cc1cc(C)cc(C(=O)Nc2cc(C(=O)O)[nH]n2)c1. The third-order valence-corrected chi connectivity index (χ3v) is 2.53. The third-order valence-electron chi connectivity index (χ3n) is 2.53. The molecule has 0 unspecified atom stereocenters. The number of rotatable bonds is 3. The summed E-state index contributed by atoms with van der Waals surface area (Å²) in [4.78, 5) is 22.7. The normalized spacial score (nSPS) is 10.2. The van der Waals surface area contributed by atoms with Crippen LogP contribution in [0.5, 0.6) is 0 Å². The molecule has 1 aromatic carbocycles. The minimum absolute atomic E-state index is 0.0734. The molecule has 2 aromatic rings. The van der Waals surface area contributed by atoms with E-state index in [-0.39, 0.29) is 17.4 Å². The highest BCUT2D eigenvalue weighted by molar-refractivity contribution is 6.04. The summed E-state index contributed by atoms with van der Waals surface area (Å²) in [6.07, 6.45) is 0. The molecule has 1 amide bonds. The summed E-state index contributed by atoms with van der Waals surface area (Å²) in [5.74, 6) is -1.27. The highest BCUT2D eigenvalue weighted by Gasteiger charge is 2.11. The van der Waals surface area contributed by atoms with E-state index in [2.05, 4.69) is 15.5 Å². The molecule has 0 atom stereocenters. The highest BCUT2D eigenvalue weighted by Crippen LogP contribution is 2.12. The van der Waals surface area contributed by atoms with Crippen molar-refractivity contribution in [2.24, 2.45) is 0 Å². The zero-order chi connectivity index (χ0) is 14.0. The van der Waals surface area contributed by atoms with Crippen molar-refractivity contribution >= 4 is 17.7 Å². The van der Waals surface area contributed by atoms with Crippen molar-refractivity contribution in [3.05, 3.63) is 46.6 Å². The fourth-order valence-electron chi connectivity index (χ4n) is 1.79. The lowest BCUT2D eigenvalue weighted by molar-refractivity contribution is 0.0690. The molecule has 6 nitrogen and oxygen atoms in total. The fourth-order valence-corrected chi connectivity index (χ4v) is 1.79. The van der Waals surface area contributed by atoms with Gasteiger partial charge in [-0.3, -0.25) is 9.89 Å². The number of amides is 1. The number of hydrogen-bond donors (Lipinski definition) is 3. The van der Waals surface area contributed by atoms with Crippen molar-refractivity contribution in [1.29, 1.82) is 0 Å². The second kappa shape index (κ2) is 4.93. The highest BCUT2D eigenvalue weighted by atomic mass is 16.4. The number of carbonyl (C=O) groups is 2. The van der Waals surface area contributed by atoms with E-state index in [0.29, 0.717) is 5.56 Å². The number of nitrogens with one attached hydrogen (secondary N) is 2. The molecule has 6 heteroatoms. The number of nitrogens with zero attached hydrogens (tertiary/aromatic N) is 1. The minimum Gasteiger partial charge on any atom is -0.477 e. The van der Waals surface area contributed by atoms with Gasteiger partial charge >= 0.3 is 5.97 Å². The Hall–Kier alpha value is -2.63. The number of carboxylic acids is 1. The van der Waals surface area contributed by atoms with E-state index < -0.39 is 5.97 Å². The number of carbonyl (C=O) groups excluding carboxylic acids is 1. The van der Waals surface area contributed by atoms with Crippen molar-refractivity contribution in [3.63, 3.8) is 0 Å². The molecule has 1 heterocycles. The van der Waals surface area contributed by atoms with Crippen molar-refractivity contribution in [2.75, 3.05) is 5.32 Å². The van der Waals surface area contributed by atoms with Crippen molar-refractivity contribution < 1.29 is 14.7 Å². The maximum absolute atomic E-state index is 12.0. The lowest BCUT2D eigenvalue weighted by Crippen LogP contribution is -2.12. The van der Waals surface area contributed by atoms with Gasteiger partial charge in [0.25, 0.3) is 5.91 Å². The predicted molar refractivity (Wildman–Crippen MR) is 69.4 cm³/mol. The van der Waals surface area contributed by atoms with Crippen LogP contribution in [0.25, 0.3) is 0 Å². The number of carboxylic acid groups (broad SMARTS) is 1. The molecular weight excluding hydrogens is 246 g/mol. The number of aryl methyl sites for hydroxylation is 2. The summed E-state index contributed by atoms with van der Waals surface area (Å²) < 4.78 is 0. The lowest BCUT2D eigenvalue weighted by atomic mass is 10.1. The molecule has 0 saturated heterocycles. The topological polar surface area (TPSA) is 95.1 Å². The van der Waals surface area contributed by atoms with E-state index in [1.807, 2.05) is 19.9 Å². The maximum atomic E-state index is 12.0. The van der Waals surface area contributed by atoms with Crippen molar-refractivity contribution in [3.8, 4) is 0 Å². The van der Waals surface area contributed by atoms with Crippen LogP contribution in [-0.2, 0) is 0 Å². The molecule has 0 aliphatic heterocycles. The Morgan fingerprint density at radius 3 is 2.32 bits per heavy atom. The largest absolute Gasteiger partial charge is 0.477 e. The van der Waals surface area contributed by atoms with Gasteiger partial charge in [-0.25, -0.2) is 4.79 Å². The number of aromatic nitrogens is 2. The molecular formula is C13H13N3O3. The molecule has 0 aliphatic rings. The van der Waals surface area contributed by atoms with Crippen LogP contribution >= 0.6 is 0 Å². The van der Waals surface area contributed by atoms with Crippen LogP contribution < -0.4 is 5.32 Å². The number of anilines is 1. The van der Waals surface area contributed by atoms with Crippen LogP contribution in [-0.4, -0.2) is 27.2 Å². The summed E-state index contributed by atoms with van der Waals surface area (Å²) in [5, 5.41) is 17.3. The van der Waals surface area contributed by atoms with Gasteiger partial charge in [-0.2, -0.15) is 5.10 Å². The molecule has 19 heavy (non-hydrogen) atoms. The standard InChI is InChI=1S/C13H13N3O3/c1-7-3-8(2)5-9(4-7)12(17)14-11-6-10(13(18)19)15-16-11/h3-6H,1-2H3,(H,18,19)(H2,14,15,16,17). The van der Waals surface area contributed by atoms with Gasteiger partial charge < -0.3 is 10.4 Å². The number of aromatic amines is 1. The summed E-state index contributed by atoms with van der Waals surface area (Å²) in [7, 11) is 0. The van der Waals surface area contributed by atoms with Gasteiger partial charge in [0.1, 0.15) is 5.69 Å². The van der Waals surface area contributed by atoms with E-state index in [1.165, 1.54) is 6.07 Å². The van der Waals surface area contributed by atoms with Gasteiger partial charge in [0.15, 0.2) is 5.82 Å².